The Morgan fingerprint density at radius 2 is 2.29 bits per heavy atom. The van der Waals surface area contributed by atoms with Crippen LogP contribution in [0.5, 0.6) is 0 Å². The molecule has 92 valence electrons. The lowest BCUT2D eigenvalue weighted by Crippen LogP contribution is -2.45. The van der Waals surface area contributed by atoms with Crippen LogP contribution in [0.1, 0.15) is 30.9 Å². The standard InChI is InChI=1S/C14H19NO2/c1-10(2)12-5-3-4-11(8-12)9-13-14(16)15-6-7-17-13/h3-5,8,10,13H,6-7,9H2,1-2H3,(H,15,16). The van der Waals surface area contributed by atoms with Gasteiger partial charge in [-0.3, -0.25) is 4.79 Å². The molecule has 1 aliphatic rings. The number of morpholine rings is 1. The van der Waals surface area contributed by atoms with E-state index in [4.69, 9.17) is 4.74 Å². The first-order valence-electron chi connectivity index (χ1n) is 6.15. The molecular formula is C14H19NO2. The highest BCUT2D eigenvalue weighted by Gasteiger charge is 2.22. The van der Waals surface area contributed by atoms with Crippen LogP contribution in [0.2, 0.25) is 0 Å². The maximum Gasteiger partial charge on any atom is 0.249 e. The lowest BCUT2D eigenvalue weighted by molar-refractivity contribution is -0.137. The van der Waals surface area contributed by atoms with Gasteiger partial charge in [0.05, 0.1) is 6.61 Å². The molecule has 3 nitrogen and oxygen atoms in total. The van der Waals surface area contributed by atoms with Crippen LogP contribution >= 0.6 is 0 Å². The summed E-state index contributed by atoms with van der Waals surface area (Å²) in [4.78, 5) is 11.6. The van der Waals surface area contributed by atoms with E-state index in [1.165, 1.54) is 11.1 Å². The van der Waals surface area contributed by atoms with Crippen LogP contribution in [0.15, 0.2) is 24.3 Å². The molecule has 3 heteroatoms. The van der Waals surface area contributed by atoms with Crippen LogP contribution in [-0.4, -0.2) is 25.2 Å². The largest absolute Gasteiger partial charge is 0.366 e. The molecule has 2 rings (SSSR count). The molecule has 0 aromatic heterocycles. The molecule has 1 aromatic rings. The molecule has 1 fully saturated rings. The van der Waals surface area contributed by atoms with E-state index in [-0.39, 0.29) is 12.0 Å². The highest BCUT2D eigenvalue weighted by molar-refractivity contribution is 5.81. The van der Waals surface area contributed by atoms with Crippen LogP contribution < -0.4 is 5.32 Å². The Hall–Kier alpha value is -1.35. The fourth-order valence-electron chi connectivity index (χ4n) is 2.01. The molecular weight excluding hydrogens is 214 g/mol. The van der Waals surface area contributed by atoms with Crippen LogP contribution in [0.25, 0.3) is 0 Å². The zero-order chi connectivity index (χ0) is 12.3. The SMILES string of the molecule is CC(C)c1cccc(CC2OCCNC2=O)c1. The Labute approximate surface area is 102 Å². The summed E-state index contributed by atoms with van der Waals surface area (Å²) < 4.78 is 5.48. The number of hydrogen-bond donors (Lipinski definition) is 1. The predicted molar refractivity (Wildman–Crippen MR) is 67.0 cm³/mol. The maximum absolute atomic E-state index is 11.6. The summed E-state index contributed by atoms with van der Waals surface area (Å²) in [6, 6.07) is 8.38. The van der Waals surface area contributed by atoms with E-state index in [9.17, 15) is 4.79 Å². The number of ether oxygens (including phenoxy) is 1. The van der Waals surface area contributed by atoms with Crippen molar-refractivity contribution in [3.05, 3.63) is 35.4 Å². The Morgan fingerprint density at radius 1 is 1.47 bits per heavy atom. The summed E-state index contributed by atoms with van der Waals surface area (Å²) in [5.74, 6) is 0.516. The molecule has 0 aliphatic carbocycles. The highest BCUT2D eigenvalue weighted by Crippen LogP contribution is 2.17. The summed E-state index contributed by atoms with van der Waals surface area (Å²) >= 11 is 0. The van der Waals surface area contributed by atoms with Crippen molar-refractivity contribution in [2.45, 2.75) is 32.3 Å². The third-order valence-electron chi connectivity index (χ3n) is 3.05. The van der Waals surface area contributed by atoms with E-state index in [0.717, 1.165) is 0 Å². The van der Waals surface area contributed by atoms with Crippen LogP contribution in [0.3, 0.4) is 0 Å². The quantitative estimate of drug-likeness (QED) is 0.865. The molecule has 0 spiro atoms. The lowest BCUT2D eigenvalue weighted by Gasteiger charge is -2.22. The first kappa shape index (κ1) is 12.1. The van der Waals surface area contributed by atoms with E-state index in [2.05, 4.69) is 37.4 Å². The third kappa shape index (κ3) is 3.07. The Bertz CT molecular complexity index is 401. The number of carbonyl (C=O) groups excluding carboxylic acids is 1. The van der Waals surface area contributed by atoms with Gasteiger partial charge in [0.2, 0.25) is 5.91 Å². The normalized spacial score (nSPS) is 20.4. The summed E-state index contributed by atoms with van der Waals surface area (Å²) in [6.07, 6.45) is 0.331. The smallest absolute Gasteiger partial charge is 0.249 e. The first-order chi connectivity index (χ1) is 8.16. The minimum Gasteiger partial charge on any atom is -0.366 e. The molecule has 1 unspecified atom stereocenters. The summed E-state index contributed by atoms with van der Waals surface area (Å²) in [5.41, 5.74) is 2.47. The van der Waals surface area contributed by atoms with Crippen molar-refractivity contribution < 1.29 is 9.53 Å². The molecule has 0 radical (unpaired) electrons. The van der Waals surface area contributed by atoms with Gasteiger partial charge in [-0.25, -0.2) is 0 Å². The third-order valence-corrected chi connectivity index (χ3v) is 3.05. The van der Waals surface area contributed by atoms with Gasteiger partial charge in [0.25, 0.3) is 0 Å². The van der Waals surface area contributed by atoms with Crippen molar-refractivity contribution >= 4 is 5.91 Å². The highest BCUT2D eigenvalue weighted by atomic mass is 16.5. The second kappa shape index (κ2) is 5.32. The number of nitrogens with one attached hydrogen (secondary N) is 1. The number of carbonyl (C=O) groups is 1. The Morgan fingerprint density at radius 3 is 3.00 bits per heavy atom. The average Bonchev–Trinajstić information content (AvgIpc) is 2.32. The van der Waals surface area contributed by atoms with Gasteiger partial charge in [0.1, 0.15) is 6.10 Å². The monoisotopic (exact) mass is 233 g/mol. The molecule has 1 aliphatic heterocycles. The predicted octanol–water partition coefficient (Wildman–Crippen LogP) is 1.87. The minimum absolute atomic E-state index is 0.00574. The number of benzene rings is 1. The topological polar surface area (TPSA) is 38.3 Å². The van der Waals surface area contributed by atoms with E-state index in [1.54, 1.807) is 0 Å². The molecule has 1 saturated heterocycles. The molecule has 1 N–H and O–H groups in total. The molecule has 1 aromatic carbocycles. The van der Waals surface area contributed by atoms with Crippen molar-refractivity contribution in [1.29, 1.82) is 0 Å². The van der Waals surface area contributed by atoms with Crippen molar-refractivity contribution in [3.63, 3.8) is 0 Å². The van der Waals surface area contributed by atoms with Crippen molar-refractivity contribution in [1.82, 2.24) is 5.32 Å². The van der Waals surface area contributed by atoms with Crippen LogP contribution in [0.4, 0.5) is 0 Å². The first-order valence-corrected chi connectivity index (χ1v) is 6.15. The van der Waals surface area contributed by atoms with Crippen molar-refractivity contribution in [3.8, 4) is 0 Å². The van der Waals surface area contributed by atoms with E-state index >= 15 is 0 Å². The Balaban J connectivity index is 2.07. The summed E-state index contributed by atoms with van der Waals surface area (Å²) in [5, 5.41) is 2.83. The van der Waals surface area contributed by atoms with Crippen LogP contribution in [-0.2, 0) is 16.0 Å². The Kier molecular flexibility index (Phi) is 3.79. The van der Waals surface area contributed by atoms with Crippen molar-refractivity contribution in [2.24, 2.45) is 0 Å². The van der Waals surface area contributed by atoms with E-state index in [0.29, 0.717) is 25.5 Å². The lowest BCUT2D eigenvalue weighted by atomic mass is 9.98. The van der Waals surface area contributed by atoms with Gasteiger partial charge in [-0.05, 0) is 17.0 Å². The second-order valence-electron chi connectivity index (χ2n) is 4.75. The average molecular weight is 233 g/mol. The molecule has 1 amide bonds. The zero-order valence-electron chi connectivity index (χ0n) is 10.4. The maximum atomic E-state index is 11.6. The summed E-state index contributed by atoms with van der Waals surface area (Å²) in [6.45, 7) is 5.58. The summed E-state index contributed by atoms with van der Waals surface area (Å²) in [7, 11) is 0. The fraction of sp³-hybridized carbons (Fsp3) is 0.500. The molecule has 1 heterocycles. The van der Waals surface area contributed by atoms with Crippen LogP contribution in [0, 0.1) is 0 Å². The number of rotatable bonds is 3. The van der Waals surface area contributed by atoms with Crippen molar-refractivity contribution in [2.75, 3.05) is 13.2 Å². The molecule has 0 saturated carbocycles. The van der Waals surface area contributed by atoms with E-state index < -0.39 is 0 Å². The fourth-order valence-corrected chi connectivity index (χ4v) is 2.01. The van der Waals surface area contributed by atoms with Gasteiger partial charge >= 0.3 is 0 Å². The number of amides is 1. The van der Waals surface area contributed by atoms with Gasteiger partial charge in [0.15, 0.2) is 0 Å². The molecule has 0 bridgehead atoms. The second-order valence-corrected chi connectivity index (χ2v) is 4.75. The van der Waals surface area contributed by atoms with Gasteiger partial charge in [0, 0.05) is 13.0 Å². The van der Waals surface area contributed by atoms with Gasteiger partial charge in [-0.15, -0.1) is 0 Å². The zero-order valence-corrected chi connectivity index (χ0v) is 10.4. The minimum atomic E-state index is -0.328. The number of hydrogen-bond acceptors (Lipinski definition) is 2. The van der Waals surface area contributed by atoms with Gasteiger partial charge in [-0.1, -0.05) is 38.1 Å². The van der Waals surface area contributed by atoms with E-state index in [1.807, 2.05) is 6.07 Å². The van der Waals surface area contributed by atoms with Gasteiger partial charge < -0.3 is 10.1 Å². The van der Waals surface area contributed by atoms with Gasteiger partial charge in [-0.2, -0.15) is 0 Å². The molecule has 17 heavy (non-hydrogen) atoms. The molecule has 1 atom stereocenters.